The lowest BCUT2D eigenvalue weighted by molar-refractivity contribution is -0.135. The lowest BCUT2D eigenvalue weighted by Gasteiger charge is -2.16. The Morgan fingerprint density at radius 1 is 0.960 bits per heavy atom. The Labute approximate surface area is 145 Å². The van der Waals surface area contributed by atoms with Crippen LogP contribution in [-0.2, 0) is 14.3 Å². The van der Waals surface area contributed by atoms with Crippen LogP contribution >= 0.6 is 0 Å². The summed E-state index contributed by atoms with van der Waals surface area (Å²) in [6.45, 7) is 10.1. The highest BCUT2D eigenvalue weighted by atomic mass is 19.1. The van der Waals surface area contributed by atoms with Crippen LogP contribution in [0.1, 0.15) is 32.3 Å². The van der Waals surface area contributed by atoms with E-state index in [0.29, 0.717) is 35.3 Å². The third-order valence-corrected chi connectivity index (χ3v) is 3.53. The van der Waals surface area contributed by atoms with E-state index < -0.39 is 17.8 Å². The first-order chi connectivity index (χ1) is 11.8. The molecule has 0 saturated carbocycles. The topological polar surface area (TPSA) is 52.6 Å². The number of ether oxygens (including phenoxy) is 2. The summed E-state index contributed by atoms with van der Waals surface area (Å²) in [5.41, 5.74) is 1.74. The van der Waals surface area contributed by atoms with Crippen molar-refractivity contribution in [2.75, 3.05) is 0 Å². The summed E-state index contributed by atoms with van der Waals surface area (Å²) in [5.74, 6) is -0.891. The highest BCUT2D eigenvalue weighted by Crippen LogP contribution is 2.33. The van der Waals surface area contributed by atoms with Crippen LogP contribution in [0.25, 0.3) is 5.57 Å². The van der Waals surface area contributed by atoms with E-state index in [1.54, 1.807) is 31.2 Å². The molecule has 0 N–H and O–H groups in total. The fraction of sp³-hybridized carbons (Fsp3) is 0.200. The van der Waals surface area contributed by atoms with E-state index in [9.17, 15) is 14.0 Å². The quantitative estimate of drug-likeness (QED) is 0.444. The van der Waals surface area contributed by atoms with Crippen molar-refractivity contribution in [3.63, 3.8) is 0 Å². The summed E-state index contributed by atoms with van der Waals surface area (Å²) < 4.78 is 24.5. The molecule has 1 aliphatic carbocycles. The smallest absolute Gasteiger partial charge is 0.338 e. The predicted octanol–water partition coefficient (Wildman–Crippen LogP) is 4.65. The molecule has 0 saturated heterocycles. The van der Waals surface area contributed by atoms with E-state index in [0.717, 1.165) is 0 Å². The van der Waals surface area contributed by atoms with E-state index in [-0.39, 0.29) is 11.3 Å². The maximum absolute atomic E-state index is 14.3. The third kappa shape index (κ3) is 4.76. The Morgan fingerprint density at radius 2 is 1.52 bits per heavy atom. The van der Waals surface area contributed by atoms with Crippen LogP contribution in [0.2, 0.25) is 0 Å². The number of esters is 2. The van der Waals surface area contributed by atoms with Gasteiger partial charge < -0.3 is 9.47 Å². The number of halogens is 1. The van der Waals surface area contributed by atoms with Gasteiger partial charge in [-0.15, -0.1) is 0 Å². The zero-order chi connectivity index (χ0) is 18.6. The average molecular weight is 342 g/mol. The monoisotopic (exact) mass is 342 g/mol. The van der Waals surface area contributed by atoms with Gasteiger partial charge in [-0.25, -0.2) is 14.0 Å². The van der Waals surface area contributed by atoms with Crippen LogP contribution in [0.15, 0.2) is 66.2 Å². The van der Waals surface area contributed by atoms with Crippen LogP contribution < -0.4 is 4.74 Å². The van der Waals surface area contributed by atoms with E-state index in [1.165, 1.54) is 13.0 Å². The summed E-state index contributed by atoms with van der Waals surface area (Å²) in [6.07, 6.45) is 2.02. The van der Waals surface area contributed by atoms with Gasteiger partial charge in [-0.2, -0.15) is 0 Å². The number of benzene rings is 1. The van der Waals surface area contributed by atoms with Gasteiger partial charge in [0.15, 0.2) is 0 Å². The first-order valence-corrected chi connectivity index (χ1v) is 7.73. The first kappa shape index (κ1) is 18.4. The molecular formula is C20H19FO4. The first-order valence-electron chi connectivity index (χ1n) is 7.73. The lowest BCUT2D eigenvalue weighted by atomic mass is 9.95. The van der Waals surface area contributed by atoms with E-state index >= 15 is 0 Å². The highest BCUT2D eigenvalue weighted by Gasteiger charge is 2.18. The minimum atomic E-state index is -0.564. The zero-order valence-corrected chi connectivity index (χ0v) is 14.2. The number of carbonyl (C=O) groups excluding carboxylic acids is 2. The molecule has 25 heavy (non-hydrogen) atoms. The van der Waals surface area contributed by atoms with E-state index in [2.05, 4.69) is 13.2 Å². The fourth-order valence-corrected chi connectivity index (χ4v) is 2.16. The predicted molar refractivity (Wildman–Crippen MR) is 93.1 cm³/mol. The Hall–Kier alpha value is -2.95. The summed E-state index contributed by atoms with van der Waals surface area (Å²) in [4.78, 5) is 23.0. The van der Waals surface area contributed by atoms with Crippen molar-refractivity contribution in [3.8, 4) is 5.75 Å². The van der Waals surface area contributed by atoms with Gasteiger partial charge in [0, 0.05) is 23.6 Å². The molecule has 0 atom stereocenters. The summed E-state index contributed by atoms with van der Waals surface area (Å²) in [7, 11) is 0. The van der Waals surface area contributed by atoms with Crippen molar-refractivity contribution in [2.45, 2.75) is 26.7 Å². The molecule has 0 bridgehead atoms. The molecule has 0 spiro atoms. The van der Waals surface area contributed by atoms with Gasteiger partial charge >= 0.3 is 11.9 Å². The van der Waals surface area contributed by atoms with Crippen molar-refractivity contribution in [3.05, 3.63) is 71.8 Å². The van der Waals surface area contributed by atoms with Gasteiger partial charge in [0.2, 0.25) is 0 Å². The van der Waals surface area contributed by atoms with Gasteiger partial charge in [-0.05, 0) is 43.5 Å². The molecular weight excluding hydrogens is 323 g/mol. The standard InChI is InChI=1S/C20H19FO4/c1-12(2)19(22)24-15-7-5-14(6-8-15)17-10-9-16(11-18(17)21)25-20(23)13(3)4/h5-8,11H,1,3,9-10H2,2,4H3. The van der Waals surface area contributed by atoms with Crippen molar-refractivity contribution in [1.82, 2.24) is 0 Å². The van der Waals surface area contributed by atoms with Gasteiger partial charge in [-0.3, -0.25) is 0 Å². The Balaban J connectivity index is 2.14. The van der Waals surface area contributed by atoms with Gasteiger partial charge in [0.1, 0.15) is 17.3 Å². The molecule has 0 unspecified atom stereocenters. The molecule has 0 aromatic heterocycles. The van der Waals surface area contributed by atoms with E-state index in [4.69, 9.17) is 9.47 Å². The highest BCUT2D eigenvalue weighted by molar-refractivity contribution is 5.89. The van der Waals surface area contributed by atoms with Crippen molar-refractivity contribution >= 4 is 17.5 Å². The number of allylic oxidation sites excluding steroid dienone is 4. The second kappa shape index (κ2) is 7.75. The lowest BCUT2D eigenvalue weighted by Crippen LogP contribution is -2.08. The van der Waals surface area contributed by atoms with Crippen LogP contribution in [-0.4, -0.2) is 11.9 Å². The maximum Gasteiger partial charge on any atom is 0.338 e. The molecule has 1 aromatic carbocycles. The third-order valence-electron chi connectivity index (χ3n) is 3.53. The largest absolute Gasteiger partial charge is 0.428 e. The van der Waals surface area contributed by atoms with Crippen molar-refractivity contribution in [1.29, 1.82) is 0 Å². The molecule has 2 rings (SSSR count). The minimum absolute atomic E-state index is 0.260. The Morgan fingerprint density at radius 3 is 2.04 bits per heavy atom. The van der Waals surface area contributed by atoms with Crippen molar-refractivity contribution in [2.24, 2.45) is 0 Å². The van der Waals surface area contributed by atoms with Crippen LogP contribution in [0.3, 0.4) is 0 Å². The van der Waals surface area contributed by atoms with Crippen LogP contribution in [0.5, 0.6) is 5.75 Å². The molecule has 0 radical (unpaired) electrons. The van der Waals surface area contributed by atoms with Gasteiger partial charge in [-0.1, -0.05) is 25.3 Å². The number of carbonyl (C=O) groups is 2. The zero-order valence-electron chi connectivity index (χ0n) is 14.2. The Kier molecular flexibility index (Phi) is 5.70. The molecule has 130 valence electrons. The number of hydrogen-bond acceptors (Lipinski definition) is 4. The van der Waals surface area contributed by atoms with E-state index in [1.807, 2.05) is 0 Å². The summed E-state index contributed by atoms with van der Waals surface area (Å²) >= 11 is 0. The van der Waals surface area contributed by atoms with Gasteiger partial charge in [0.25, 0.3) is 0 Å². The number of rotatable bonds is 5. The molecule has 4 nitrogen and oxygen atoms in total. The average Bonchev–Trinajstić information content (AvgIpc) is 2.55. The molecule has 1 aromatic rings. The minimum Gasteiger partial charge on any atom is -0.428 e. The molecule has 0 aliphatic heterocycles. The molecule has 5 heteroatoms. The van der Waals surface area contributed by atoms with Crippen LogP contribution in [0.4, 0.5) is 4.39 Å². The van der Waals surface area contributed by atoms with Crippen LogP contribution in [0, 0.1) is 0 Å². The fourth-order valence-electron chi connectivity index (χ4n) is 2.16. The second-order valence-corrected chi connectivity index (χ2v) is 5.80. The van der Waals surface area contributed by atoms with Crippen molar-refractivity contribution < 1.29 is 23.5 Å². The molecule has 0 amide bonds. The summed E-state index contributed by atoms with van der Waals surface area (Å²) in [5, 5.41) is 0. The molecule has 0 fully saturated rings. The Bertz CT molecular complexity index is 797. The molecule has 0 heterocycles. The normalized spacial score (nSPS) is 13.8. The van der Waals surface area contributed by atoms with Gasteiger partial charge in [0.05, 0.1) is 0 Å². The number of hydrogen-bond donors (Lipinski definition) is 0. The summed E-state index contributed by atoms with van der Waals surface area (Å²) in [6, 6.07) is 6.54. The maximum atomic E-state index is 14.3. The molecule has 1 aliphatic rings. The SMILES string of the molecule is C=C(C)C(=O)OC1=CC(F)=C(c2ccc(OC(=O)C(=C)C)cc2)CC1. The second-order valence-electron chi connectivity index (χ2n) is 5.80.